The summed E-state index contributed by atoms with van der Waals surface area (Å²) in [4.78, 5) is 1.27. The second-order valence-corrected chi connectivity index (χ2v) is 7.12. The van der Waals surface area contributed by atoms with Crippen molar-refractivity contribution in [2.45, 2.75) is 26.3 Å². The summed E-state index contributed by atoms with van der Waals surface area (Å²) in [5.74, 6) is 0.822. The Morgan fingerprint density at radius 2 is 2.30 bits per heavy atom. The Balaban J connectivity index is 2.43. The van der Waals surface area contributed by atoms with E-state index in [-0.39, 0.29) is 6.04 Å². The van der Waals surface area contributed by atoms with Crippen molar-refractivity contribution in [2.24, 2.45) is 7.05 Å². The molecule has 0 fully saturated rings. The highest BCUT2D eigenvalue weighted by Gasteiger charge is 2.24. The van der Waals surface area contributed by atoms with Crippen LogP contribution in [-0.2, 0) is 7.05 Å². The lowest BCUT2D eigenvalue weighted by molar-refractivity contribution is 0.401. The minimum absolute atomic E-state index is 0.104. The molecule has 20 heavy (non-hydrogen) atoms. The van der Waals surface area contributed by atoms with Crippen LogP contribution in [0.5, 0.6) is 5.75 Å². The summed E-state index contributed by atoms with van der Waals surface area (Å²) in [7, 11) is 3.64. The average Bonchev–Trinajstić information content (AvgIpc) is 2.95. The Labute approximate surface area is 132 Å². The Morgan fingerprint density at radius 3 is 2.85 bits per heavy atom. The summed E-state index contributed by atoms with van der Waals surface area (Å²) >= 11 is 5.36. The SMILES string of the molecule is CCCNC(c1cc(C)c(Br)s1)c1c(OC)cnn1C. The summed E-state index contributed by atoms with van der Waals surface area (Å²) in [6, 6.07) is 2.32. The van der Waals surface area contributed by atoms with E-state index < -0.39 is 0 Å². The largest absolute Gasteiger partial charge is 0.493 e. The summed E-state index contributed by atoms with van der Waals surface area (Å²) in [5.41, 5.74) is 2.32. The van der Waals surface area contributed by atoms with Crippen LogP contribution in [-0.4, -0.2) is 23.4 Å². The standard InChI is InChI=1S/C14H20BrN3OS/c1-5-6-16-12(11-7-9(2)14(15)20-11)13-10(19-4)8-17-18(13)3/h7-8,12,16H,5-6H2,1-4H3. The fourth-order valence-electron chi connectivity index (χ4n) is 2.16. The number of thiophene rings is 1. The molecule has 2 rings (SSSR count). The molecule has 0 aromatic carbocycles. The second-order valence-electron chi connectivity index (χ2n) is 4.71. The third-order valence-corrected chi connectivity index (χ3v) is 5.40. The van der Waals surface area contributed by atoms with E-state index in [1.807, 2.05) is 11.7 Å². The van der Waals surface area contributed by atoms with Gasteiger partial charge in [-0.05, 0) is 47.4 Å². The lowest BCUT2D eigenvalue weighted by atomic mass is 10.1. The molecule has 0 aliphatic rings. The molecular formula is C14H20BrN3OS. The summed E-state index contributed by atoms with van der Waals surface area (Å²) < 4.78 is 8.52. The number of nitrogens with zero attached hydrogens (tertiary/aromatic N) is 2. The quantitative estimate of drug-likeness (QED) is 0.857. The van der Waals surface area contributed by atoms with E-state index in [1.165, 1.54) is 14.2 Å². The van der Waals surface area contributed by atoms with Crippen molar-refractivity contribution in [1.82, 2.24) is 15.1 Å². The molecule has 0 aliphatic heterocycles. The van der Waals surface area contributed by atoms with Crippen molar-refractivity contribution < 1.29 is 4.74 Å². The predicted octanol–water partition coefficient (Wildman–Crippen LogP) is 3.65. The molecule has 2 aromatic rings. The Bertz CT molecular complexity index is 559. The summed E-state index contributed by atoms with van der Waals surface area (Å²) in [6.07, 6.45) is 2.85. The molecule has 0 spiro atoms. The Kier molecular flexibility index (Phi) is 5.23. The fourth-order valence-corrected chi connectivity index (χ4v) is 3.81. The molecule has 0 amide bonds. The maximum absolute atomic E-state index is 5.46. The van der Waals surface area contributed by atoms with Gasteiger partial charge in [0.2, 0.25) is 0 Å². The van der Waals surface area contributed by atoms with Crippen LogP contribution < -0.4 is 10.1 Å². The first kappa shape index (κ1) is 15.5. The first-order valence-corrected chi connectivity index (χ1v) is 8.24. The highest BCUT2D eigenvalue weighted by atomic mass is 79.9. The van der Waals surface area contributed by atoms with Gasteiger partial charge in [0.25, 0.3) is 0 Å². The van der Waals surface area contributed by atoms with Crippen LogP contribution in [0.15, 0.2) is 16.0 Å². The molecule has 0 saturated heterocycles. The molecule has 6 heteroatoms. The predicted molar refractivity (Wildman–Crippen MR) is 86.7 cm³/mol. The van der Waals surface area contributed by atoms with Crippen molar-refractivity contribution in [1.29, 1.82) is 0 Å². The number of hydrogen-bond acceptors (Lipinski definition) is 4. The van der Waals surface area contributed by atoms with Gasteiger partial charge in [-0.2, -0.15) is 5.10 Å². The van der Waals surface area contributed by atoms with Gasteiger partial charge in [0.15, 0.2) is 5.75 Å². The van der Waals surface area contributed by atoms with E-state index in [4.69, 9.17) is 4.74 Å². The number of ether oxygens (including phenoxy) is 1. The summed E-state index contributed by atoms with van der Waals surface area (Å²) in [6.45, 7) is 5.23. The van der Waals surface area contributed by atoms with Crippen LogP contribution in [0.2, 0.25) is 0 Å². The van der Waals surface area contributed by atoms with Gasteiger partial charge in [-0.1, -0.05) is 6.92 Å². The second kappa shape index (κ2) is 6.74. The van der Waals surface area contributed by atoms with E-state index in [9.17, 15) is 0 Å². The molecule has 0 radical (unpaired) electrons. The molecule has 0 bridgehead atoms. The van der Waals surface area contributed by atoms with Crippen molar-refractivity contribution in [3.8, 4) is 5.75 Å². The zero-order valence-corrected chi connectivity index (χ0v) is 14.6. The first-order chi connectivity index (χ1) is 9.58. The Hall–Kier alpha value is -0.850. The van der Waals surface area contributed by atoms with Gasteiger partial charge in [0, 0.05) is 11.9 Å². The molecule has 2 aromatic heterocycles. The highest BCUT2D eigenvalue weighted by Crippen LogP contribution is 2.37. The topological polar surface area (TPSA) is 39.1 Å². The molecule has 0 aliphatic carbocycles. The molecule has 110 valence electrons. The van der Waals surface area contributed by atoms with Crippen molar-refractivity contribution in [3.63, 3.8) is 0 Å². The maximum Gasteiger partial charge on any atom is 0.161 e. The minimum atomic E-state index is 0.104. The van der Waals surface area contributed by atoms with E-state index in [0.29, 0.717) is 0 Å². The number of nitrogens with one attached hydrogen (secondary N) is 1. The van der Waals surface area contributed by atoms with Gasteiger partial charge in [-0.15, -0.1) is 11.3 Å². The van der Waals surface area contributed by atoms with Crippen LogP contribution in [0.25, 0.3) is 0 Å². The smallest absolute Gasteiger partial charge is 0.161 e. The third kappa shape index (κ3) is 3.07. The number of aryl methyl sites for hydroxylation is 2. The molecule has 2 heterocycles. The van der Waals surface area contributed by atoms with Gasteiger partial charge in [-0.3, -0.25) is 4.68 Å². The number of aromatic nitrogens is 2. The van der Waals surface area contributed by atoms with Gasteiger partial charge >= 0.3 is 0 Å². The van der Waals surface area contributed by atoms with E-state index in [1.54, 1.807) is 24.6 Å². The van der Waals surface area contributed by atoms with Crippen LogP contribution in [0.4, 0.5) is 0 Å². The average molecular weight is 358 g/mol. The summed E-state index contributed by atoms with van der Waals surface area (Å²) in [5, 5.41) is 7.91. The lowest BCUT2D eigenvalue weighted by Crippen LogP contribution is -2.25. The van der Waals surface area contributed by atoms with E-state index >= 15 is 0 Å². The van der Waals surface area contributed by atoms with Crippen LogP contribution >= 0.6 is 27.3 Å². The lowest BCUT2D eigenvalue weighted by Gasteiger charge is -2.18. The number of halogens is 1. The molecule has 1 N–H and O–H groups in total. The van der Waals surface area contributed by atoms with Crippen molar-refractivity contribution in [2.75, 3.05) is 13.7 Å². The zero-order chi connectivity index (χ0) is 14.7. The number of rotatable bonds is 6. The monoisotopic (exact) mass is 357 g/mol. The minimum Gasteiger partial charge on any atom is -0.493 e. The molecule has 1 atom stereocenters. The highest BCUT2D eigenvalue weighted by molar-refractivity contribution is 9.11. The molecular weight excluding hydrogens is 338 g/mol. The fraction of sp³-hybridized carbons (Fsp3) is 0.500. The molecule has 0 saturated carbocycles. The molecule has 4 nitrogen and oxygen atoms in total. The van der Waals surface area contributed by atoms with Crippen LogP contribution in [0.1, 0.15) is 35.5 Å². The number of methoxy groups -OCH3 is 1. The number of hydrogen-bond donors (Lipinski definition) is 1. The normalized spacial score (nSPS) is 12.7. The maximum atomic E-state index is 5.46. The first-order valence-electron chi connectivity index (χ1n) is 6.63. The van der Waals surface area contributed by atoms with Crippen LogP contribution in [0, 0.1) is 6.92 Å². The zero-order valence-electron chi connectivity index (χ0n) is 12.2. The van der Waals surface area contributed by atoms with Gasteiger partial charge in [-0.25, -0.2) is 0 Å². The van der Waals surface area contributed by atoms with Crippen molar-refractivity contribution in [3.05, 3.63) is 32.2 Å². The third-order valence-electron chi connectivity index (χ3n) is 3.20. The van der Waals surface area contributed by atoms with Crippen LogP contribution in [0.3, 0.4) is 0 Å². The van der Waals surface area contributed by atoms with E-state index in [2.05, 4.69) is 46.3 Å². The van der Waals surface area contributed by atoms with Crippen molar-refractivity contribution >= 4 is 27.3 Å². The van der Waals surface area contributed by atoms with Gasteiger partial charge < -0.3 is 10.1 Å². The molecule has 1 unspecified atom stereocenters. The van der Waals surface area contributed by atoms with Gasteiger partial charge in [0.05, 0.1) is 23.1 Å². The van der Waals surface area contributed by atoms with Gasteiger partial charge in [0.1, 0.15) is 5.69 Å². The van der Waals surface area contributed by atoms with E-state index in [0.717, 1.165) is 24.4 Å². The Morgan fingerprint density at radius 1 is 1.55 bits per heavy atom.